The summed E-state index contributed by atoms with van der Waals surface area (Å²) in [7, 11) is 0. The first-order valence-electron chi connectivity index (χ1n) is 6.48. The Balaban J connectivity index is 2.12. The molecule has 18 heavy (non-hydrogen) atoms. The zero-order chi connectivity index (χ0) is 13.2. The van der Waals surface area contributed by atoms with Gasteiger partial charge in [0, 0.05) is 10.2 Å². The molecule has 100 valence electrons. The highest BCUT2D eigenvalue weighted by Crippen LogP contribution is 2.13. The summed E-state index contributed by atoms with van der Waals surface area (Å²) < 4.78 is 1.01. The third-order valence-electron chi connectivity index (χ3n) is 2.62. The molecule has 1 aromatic carbocycles. The van der Waals surface area contributed by atoms with Gasteiger partial charge >= 0.3 is 0 Å². The molecule has 0 atom stereocenters. The van der Waals surface area contributed by atoms with Crippen LogP contribution in [0.25, 0.3) is 0 Å². The quantitative estimate of drug-likeness (QED) is 0.721. The average Bonchev–Trinajstić information content (AvgIpc) is 2.36. The first kappa shape index (κ1) is 15.2. The Morgan fingerprint density at radius 3 is 2.56 bits per heavy atom. The SMILES string of the molecule is CCCCCCNCC(=O)Nc1ccc(Br)cc1. The molecule has 1 aromatic rings. The number of unbranched alkanes of at least 4 members (excludes halogenated alkanes) is 3. The maximum atomic E-state index is 11.6. The Kier molecular flexibility index (Phi) is 7.69. The third kappa shape index (κ3) is 6.77. The molecular formula is C14H21BrN2O. The van der Waals surface area contributed by atoms with Gasteiger partial charge in [0.2, 0.25) is 5.91 Å². The van der Waals surface area contributed by atoms with E-state index in [2.05, 4.69) is 33.5 Å². The molecule has 0 bridgehead atoms. The zero-order valence-corrected chi connectivity index (χ0v) is 12.4. The van der Waals surface area contributed by atoms with Gasteiger partial charge in [-0.25, -0.2) is 0 Å². The number of benzene rings is 1. The van der Waals surface area contributed by atoms with Crippen molar-refractivity contribution in [2.24, 2.45) is 0 Å². The van der Waals surface area contributed by atoms with Crippen molar-refractivity contribution in [1.82, 2.24) is 5.32 Å². The topological polar surface area (TPSA) is 41.1 Å². The van der Waals surface area contributed by atoms with Crippen LogP contribution in [0.4, 0.5) is 5.69 Å². The molecule has 0 aromatic heterocycles. The first-order chi connectivity index (χ1) is 8.72. The van der Waals surface area contributed by atoms with Gasteiger partial charge in [-0.2, -0.15) is 0 Å². The van der Waals surface area contributed by atoms with E-state index in [9.17, 15) is 4.79 Å². The molecule has 0 saturated heterocycles. The predicted octanol–water partition coefficient (Wildman–Crippen LogP) is 3.56. The van der Waals surface area contributed by atoms with Gasteiger partial charge in [-0.15, -0.1) is 0 Å². The van der Waals surface area contributed by atoms with Crippen molar-refractivity contribution in [3.8, 4) is 0 Å². The standard InChI is InChI=1S/C14H21BrN2O/c1-2-3-4-5-10-16-11-14(18)17-13-8-6-12(15)7-9-13/h6-9,16H,2-5,10-11H2,1H3,(H,17,18). The van der Waals surface area contributed by atoms with E-state index in [-0.39, 0.29) is 5.91 Å². The number of anilines is 1. The van der Waals surface area contributed by atoms with E-state index in [0.29, 0.717) is 6.54 Å². The molecule has 0 fully saturated rings. The third-order valence-corrected chi connectivity index (χ3v) is 3.15. The number of halogens is 1. The summed E-state index contributed by atoms with van der Waals surface area (Å²) in [5.74, 6) is 0.00724. The lowest BCUT2D eigenvalue weighted by Crippen LogP contribution is -2.28. The molecule has 2 N–H and O–H groups in total. The number of hydrogen-bond acceptors (Lipinski definition) is 2. The second kappa shape index (κ2) is 9.11. The Morgan fingerprint density at radius 2 is 1.89 bits per heavy atom. The lowest BCUT2D eigenvalue weighted by molar-refractivity contribution is -0.115. The minimum atomic E-state index is 0.00724. The van der Waals surface area contributed by atoms with Gasteiger partial charge in [0.25, 0.3) is 0 Å². The molecule has 0 aliphatic heterocycles. The lowest BCUT2D eigenvalue weighted by Gasteiger charge is -2.06. The van der Waals surface area contributed by atoms with E-state index in [1.807, 2.05) is 24.3 Å². The molecule has 0 radical (unpaired) electrons. The highest BCUT2D eigenvalue weighted by molar-refractivity contribution is 9.10. The van der Waals surface area contributed by atoms with Crippen LogP contribution in [0.5, 0.6) is 0 Å². The monoisotopic (exact) mass is 312 g/mol. The predicted molar refractivity (Wildman–Crippen MR) is 79.8 cm³/mol. The Morgan fingerprint density at radius 1 is 1.17 bits per heavy atom. The number of nitrogens with one attached hydrogen (secondary N) is 2. The zero-order valence-electron chi connectivity index (χ0n) is 10.8. The second-order valence-corrected chi connectivity index (χ2v) is 5.21. The Labute approximate surface area is 117 Å². The van der Waals surface area contributed by atoms with E-state index in [0.717, 1.165) is 23.1 Å². The van der Waals surface area contributed by atoms with E-state index in [1.165, 1.54) is 19.3 Å². The molecule has 0 spiro atoms. The van der Waals surface area contributed by atoms with Crippen molar-refractivity contribution < 1.29 is 4.79 Å². The fraction of sp³-hybridized carbons (Fsp3) is 0.500. The van der Waals surface area contributed by atoms with Crippen molar-refractivity contribution in [1.29, 1.82) is 0 Å². The normalized spacial score (nSPS) is 10.3. The van der Waals surface area contributed by atoms with Gasteiger partial charge in [-0.1, -0.05) is 42.1 Å². The summed E-state index contributed by atoms with van der Waals surface area (Å²) in [6.07, 6.45) is 4.88. The van der Waals surface area contributed by atoms with Crippen LogP contribution in [0.3, 0.4) is 0 Å². The number of rotatable bonds is 8. The van der Waals surface area contributed by atoms with E-state index >= 15 is 0 Å². The summed E-state index contributed by atoms with van der Waals surface area (Å²) in [5, 5.41) is 6.00. The van der Waals surface area contributed by atoms with Crippen molar-refractivity contribution in [2.75, 3.05) is 18.4 Å². The van der Waals surface area contributed by atoms with Crippen LogP contribution in [0.15, 0.2) is 28.7 Å². The second-order valence-electron chi connectivity index (χ2n) is 4.29. The molecule has 1 amide bonds. The molecule has 0 aliphatic carbocycles. The van der Waals surface area contributed by atoms with Crippen LogP contribution < -0.4 is 10.6 Å². The molecular weight excluding hydrogens is 292 g/mol. The summed E-state index contributed by atoms with van der Waals surface area (Å²) >= 11 is 3.36. The van der Waals surface area contributed by atoms with Gasteiger partial charge in [0.15, 0.2) is 0 Å². The number of amides is 1. The number of carbonyl (C=O) groups excluding carboxylic acids is 1. The summed E-state index contributed by atoms with van der Waals surface area (Å²) in [4.78, 5) is 11.6. The van der Waals surface area contributed by atoms with Gasteiger partial charge in [0.05, 0.1) is 6.54 Å². The van der Waals surface area contributed by atoms with Gasteiger partial charge in [-0.05, 0) is 37.2 Å². The Bertz CT molecular complexity index is 351. The fourth-order valence-electron chi connectivity index (χ4n) is 1.62. The van der Waals surface area contributed by atoms with Crippen molar-refractivity contribution >= 4 is 27.5 Å². The number of hydrogen-bond donors (Lipinski definition) is 2. The molecule has 0 saturated carbocycles. The molecule has 0 heterocycles. The van der Waals surface area contributed by atoms with Crippen LogP contribution in [-0.4, -0.2) is 19.0 Å². The van der Waals surface area contributed by atoms with Crippen molar-refractivity contribution in [3.05, 3.63) is 28.7 Å². The van der Waals surface area contributed by atoms with Crippen LogP contribution in [-0.2, 0) is 4.79 Å². The first-order valence-corrected chi connectivity index (χ1v) is 7.28. The highest BCUT2D eigenvalue weighted by atomic mass is 79.9. The van der Waals surface area contributed by atoms with Crippen molar-refractivity contribution in [2.45, 2.75) is 32.6 Å². The maximum Gasteiger partial charge on any atom is 0.238 e. The van der Waals surface area contributed by atoms with E-state index < -0.39 is 0 Å². The lowest BCUT2D eigenvalue weighted by atomic mass is 10.2. The maximum absolute atomic E-state index is 11.6. The van der Waals surface area contributed by atoms with E-state index in [4.69, 9.17) is 0 Å². The molecule has 1 rings (SSSR count). The number of carbonyl (C=O) groups is 1. The highest BCUT2D eigenvalue weighted by Gasteiger charge is 2.01. The van der Waals surface area contributed by atoms with Gasteiger partial charge < -0.3 is 10.6 Å². The smallest absolute Gasteiger partial charge is 0.238 e. The van der Waals surface area contributed by atoms with Crippen LogP contribution in [0, 0.1) is 0 Å². The van der Waals surface area contributed by atoms with E-state index in [1.54, 1.807) is 0 Å². The minimum absolute atomic E-state index is 0.00724. The largest absolute Gasteiger partial charge is 0.325 e. The molecule has 0 unspecified atom stereocenters. The average molecular weight is 313 g/mol. The molecule has 0 aliphatic rings. The summed E-state index contributed by atoms with van der Waals surface area (Å²) in [6.45, 7) is 3.48. The summed E-state index contributed by atoms with van der Waals surface area (Å²) in [6, 6.07) is 7.58. The van der Waals surface area contributed by atoms with Crippen LogP contribution in [0.1, 0.15) is 32.6 Å². The van der Waals surface area contributed by atoms with Gasteiger partial charge in [0.1, 0.15) is 0 Å². The fourth-order valence-corrected chi connectivity index (χ4v) is 1.88. The van der Waals surface area contributed by atoms with Crippen LogP contribution >= 0.6 is 15.9 Å². The minimum Gasteiger partial charge on any atom is -0.325 e. The Hall–Kier alpha value is -0.870. The van der Waals surface area contributed by atoms with Crippen molar-refractivity contribution in [3.63, 3.8) is 0 Å². The summed E-state index contributed by atoms with van der Waals surface area (Å²) in [5.41, 5.74) is 0.830. The van der Waals surface area contributed by atoms with Crippen LogP contribution in [0.2, 0.25) is 0 Å². The molecule has 3 nitrogen and oxygen atoms in total. The van der Waals surface area contributed by atoms with Gasteiger partial charge in [-0.3, -0.25) is 4.79 Å². The molecule has 4 heteroatoms.